The number of rotatable bonds is 5. The van der Waals surface area contributed by atoms with Crippen molar-refractivity contribution >= 4 is 17.3 Å². The van der Waals surface area contributed by atoms with Gasteiger partial charge < -0.3 is 16.2 Å². The topological polar surface area (TPSA) is 127 Å². The second kappa shape index (κ2) is 5.79. The molecule has 0 saturated heterocycles. The molecule has 1 aromatic heterocycles. The molecule has 0 aliphatic heterocycles. The van der Waals surface area contributed by atoms with Crippen molar-refractivity contribution in [3.05, 3.63) is 16.4 Å². The molecule has 0 aromatic carbocycles. The van der Waals surface area contributed by atoms with E-state index in [4.69, 9.17) is 10.8 Å². The van der Waals surface area contributed by atoms with Gasteiger partial charge in [-0.1, -0.05) is 20.8 Å². The number of nitrogens with one attached hydrogen (secondary N) is 1. The van der Waals surface area contributed by atoms with Gasteiger partial charge in [-0.05, 0) is 11.8 Å². The smallest absolute Gasteiger partial charge is 0.352 e. The monoisotopic (exact) mass is 269 g/mol. The summed E-state index contributed by atoms with van der Waals surface area (Å²) in [5.74, 6) is -0.106. The van der Waals surface area contributed by atoms with Gasteiger partial charge in [0.15, 0.2) is 0 Å². The van der Waals surface area contributed by atoms with E-state index in [-0.39, 0.29) is 35.4 Å². The third-order valence-electron chi connectivity index (χ3n) is 2.81. The SMILES string of the molecule is CC(C)(C)C(CCO)Nc1ncnc(N)c1[N+](=O)[O-]. The van der Waals surface area contributed by atoms with Crippen LogP contribution in [0.15, 0.2) is 6.33 Å². The molecular formula is C11H19N5O3. The van der Waals surface area contributed by atoms with Crippen LogP contribution in [0.25, 0.3) is 0 Å². The summed E-state index contributed by atoms with van der Waals surface area (Å²) in [7, 11) is 0. The van der Waals surface area contributed by atoms with Gasteiger partial charge in [-0.2, -0.15) is 0 Å². The average molecular weight is 269 g/mol. The number of aliphatic hydroxyl groups excluding tert-OH is 1. The van der Waals surface area contributed by atoms with Crippen molar-refractivity contribution in [1.29, 1.82) is 0 Å². The van der Waals surface area contributed by atoms with E-state index in [2.05, 4.69) is 15.3 Å². The molecule has 1 rings (SSSR count). The van der Waals surface area contributed by atoms with Gasteiger partial charge in [0, 0.05) is 12.6 Å². The van der Waals surface area contributed by atoms with Crippen molar-refractivity contribution in [3.63, 3.8) is 0 Å². The molecule has 1 atom stereocenters. The number of hydrogen-bond acceptors (Lipinski definition) is 7. The number of aliphatic hydroxyl groups is 1. The molecule has 0 amide bonds. The summed E-state index contributed by atoms with van der Waals surface area (Å²) in [6.07, 6.45) is 1.62. The van der Waals surface area contributed by atoms with Gasteiger partial charge in [0.1, 0.15) is 6.33 Å². The van der Waals surface area contributed by atoms with Crippen LogP contribution >= 0.6 is 0 Å². The van der Waals surface area contributed by atoms with Crippen LogP contribution in [0.4, 0.5) is 17.3 Å². The van der Waals surface area contributed by atoms with Gasteiger partial charge in [0.25, 0.3) is 0 Å². The van der Waals surface area contributed by atoms with E-state index in [9.17, 15) is 10.1 Å². The Morgan fingerprint density at radius 1 is 1.53 bits per heavy atom. The summed E-state index contributed by atoms with van der Waals surface area (Å²) in [5.41, 5.74) is 4.96. The van der Waals surface area contributed by atoms with Gasteiger partial charge in [-0.3, -0.25) is 10.1 Å². The van der Waals surface area contributed by atoms with Crippen LogP contribution in [0, 0.1) is 15.5 Å². The molecule has 19 heavy (non-hydrogen) atoms. The Labute approximate surface area is 111 Å². The van der Waals surface area contributed by atoms with Crippen LogP contribution in [0.5, 0.6) is 0 Å². The molecule has 1 heterocycles. The molecule has 0 aliphatic rings. The zero-order chi connectivity index (χ0) is 14.6. The molecule has 0 radical (unpaired) electrons. The summed E-state index contributed by atoms with van der Waals surface area (Å²) >= 11 is 0. The first kappa shape index (κ1) is 15.1. The van der Waals surface area contributed by atoms with Crippen LogP contribution in [0.3, 0.4) is 0 Å². The first-order valence-electron chi connectivity index (χ1n) is 5.89. The Morgan fingerprint density at radius 2 is 2.16 bits per heavy atom. The fourth-order valence-corrected chi connectivity index (χ4v) is 1.69. The molecule has 0 spiro atoms. The maximum absolute atomic E-state index is 11.0. The minimum Gasteiger partial charge on any atom is -0.396 e. The van der Waals surface area contributed by atoms with Crippen molar-refractivity contribution in [1.82, 2.24) is 9.97 Å². The number of nitro groups is 1. The highest BCUT2D eigenvalue weighted by atomic mass is 16.6. The second-order valence-electron chi connectivity index (χ2n) is 5.29. The Hall–Kier alpha value is -1.96. The summed E-state index contributed by atoms with van der Waals surface area (Å²) in [6.45, 7) is 5.88. The number of hydrogen-bond donors (Lipinski definition) is 3. The van der Waals surface area contributed by atoms with Crippen LogP contribution in [-0.4, -0.2) is 32.6 Å². The fourth-order valence-electron chi connectivity index (χ4n) is 1.69. The lowest BCUT2D eigenvalue weighted by atomic mass is 9.85. The molecular weight excluding hydrogens is 250 g/mol. The highest BCUT2D eigenvalue weighted by Crippen LogP contribution is 2.31. The van der Waals surface area contributed by atoms with E-state index < -0.39 is 4.92 Å². The summed E-state index contributed by atoms with van der Waals surface area (Å²) in [5, 5.41) is 23.0. The summed E-state index contributed by atoms with van der Waals surface area (Å²) in [6, 6.07) is -0.175. The van der Waals surface area contributed by atoms with Gasteiger partial charge >= 0.3 is 5.69 Å². The molecule has 1 unspecified atom stereocenters. The zero-order valence-corrected chi connectivity index (χ0v) is 11.3. The maximum Gasteiger partial charge on any atom is 0.352 e. The molecule has 106 valence electrons. The lowest BCUT2D eigenvalue weighted by Crippen LogP contribution is -2.35. The molecule has 0 bridgehead atoms. The van der Waals surface area contributed by atoms with Gasteiger partial charge in [-0.15, -0.1) is 0 Å². The molecule has 0 saturated carbocycles. The fraction of sp³-hybridized carbons (Fsp3) is 0.636. The van der Waals surface area contributed by atoms with Crippen molar-refractivity contribution < 1.29 is 10.0 Å². The lowest BCUT2D eigenvalue weighted by Gasteiger charge is -2.31. The van der Waals surface area contributed by atoms with Crippen LogP contribution in [0.2, 0.25) is 0 Å². The minimum atomic E-state index is -0.615. The highest BCUT2D eigenvalue weighted by molar-refractivity contribution is 5.67. The van der Waals surface area contributed by atoms with E-state index in [1.54, 1.807) is 0 Å². The van der Waals surface area contributed by atoms with Crippen LogP contribution in [0.1, 0.15) is 27.2 Å². The summed E-state index contributed by atoms with van der Waals surface area (Å²) in [4.78, 5) is 17.9. The third-order valence-corrected chi connectivity index (χ3v) is 2.81. The lowest BCUT2D eigenvalue weighted by molar-refractivity contribution is -0.383. The normalized spacial score (nSPS) is 13.1. The number of aromatic nitrogens is 2. The quantitative estimate of drug-likeness (QED) is 0.540. The predicted molar refractivity (Wildman–Crippen MR) is 71.7 cm³/mol. The van der Waals surface area contributed by atoms with Crippen molar-refractivity contribution in [2.75, 3.05) is 17.7 Å². The van der Waals surface area contributed by atoms with E-state index in [1.165, 1.54) is 6.33 Å². The van der Waals surface area contributed by atoms with Gasteiger partial charge in [-0.25, -0.2) is 9.97 Å². The molecule has 8 nitrogen and oxygen atoms in total. The highest BCUT2D eigenvalue weighted by Gasteiger charge is 2.28. The number of nitrogens with two attached hydrogens (primary N) is 1. The Kier molecular flexibility index (Phi) is 4.60. The van der Waals surface area contributed by atoms with Crippen LogP contribution < -0.4 is 11.1 Å². The van der Waals surface area contributed by atoms with E-state index in [0.29, 0.717) is 6.42 Å². The zero-order valence-electron chi connectivity index (χ0n) is 11.3. The van der Waals surface area contributed by atoms with Crippen molar-refractivity contribution in [2.45, 2.75) is 33.2 Å². The minimum absolute atomic E-state index is 0.0245. The molecule has 0 fully saturated rings. The van der Waals surface area contributed by atoms with Gasteiger partial charge in [0.05, 0.1) is 4.92 Å². The largest absolute Gasteiger partial charge is 0.396 e. The standard InChI is InChI=1S/C11H19N5O3/c1-11(2,3)7(4-5-17)15-10-8(16(18)19)9(12)13-6-14-10/h6-7,17H,4-5H2,1-3H3,(H3,12,13,14,15). The third kappa shape index (κ3) is 3.75. The Balaban J connectivity index is 3.10. The Bertz CT molecular complexity index is 458. The first-order chi connectivity index (χ1) is 8.77. The first-order valence-corrected chi connectivity index (χ1v) is 5.89. The molecule has 8 heteroatoms. The maximum atomic E-state index is 11.0. The van der Waals surface area contributed by atoms with E-state index in [1.807, 2.05) is 20.8 Å². The van der Waals surface area contributed by atoms with Crippen molar-refractivity contribution in [3.8, 4) is 0 Å². The number of nitrogen functional groups attached to an aromatic ring is 1. The number of anilines is 2. The predicted octanol–water partition coefficient (Wildman–Crippen LogP) is 1.18. The molecule has 0 aliphatic carbocycles. The van der Waals surface area contributed by atoms with Crippen molar-refractivity contribution in [2.24, 2.45) is 5.41 Å². The average Bonchev–Trinajstić information content (AvgIpc) is 2.26. The Morgan fingerprint density at radius 3 is 2.63 bits per heavy atom. The van der Waals surface area contributed by atoms with E-state index in [0.717, 1.165) is 0 Å². The van der Waals surface area contributed by atoms with E-state index >= 15 is 0 Å². The molecule has 1 aromatic rings. The van der Waals surface area contributed by atoms with Gasteiger partial charge in [0.2, 0.25) is 11.6 Å². The van der Waals surface area contributed by atoms with Crippen LogP contribution in [-0.2, 0) is 0 Å². The second-order valence-corrected chi connectivity index (χ2v) is 5.29. The number of nitrogens with zero attached hydrogens (tertiary/aromatic N) is 3. The molecule has 4 N–H and O–H groups in total. The summed E-state index contributed by atoms with van der Waals surface area (Å²) < 4.78 is 0.